The summed E-state index contributed by atoms with van der Waals surface area (Å²) < 4.78 is 7.22. The van der Waals surface area contributed by atoms with Gasteiger partial charge in [0.05, 0.1) is 22.2 Å². The van der Waals surface area contributed by atoms with Crippen molar-refractivity contribution < 1.29 is 9.66 Å². The molecule has 150 valence electrons. The Bertz CT molecular complexity index is 1180. The Morgan fingerprint density at radius 2 is 1.87 bits per heavy atom. The first-order chi connectivity index (χ1) is 14.5. The van der Waals surface area contributed by atoms with E-state index in [9.17, 15) is 10.1 Å². The van der Waals surface area contributed by atoms with Gasteiger partial charge < -0.3 is 4.74 Å². The molecule has 0 radical (unpaired) electrons. The summed E-state index contributed by atoms with van der Waals surface area (Å²) >= 11 is 9.71. The average Bonchev–Trinajstić information content (AvgIpc) is 3.19. The fourth-order valence-electron chi connectivity index (χ4n) is 3.94. The normalized spacial score (nSPS) is 19.5. The number of halogens is 2. The summed E-state index contributed by atoms with van der Waals surface area (Å²) in [6.07, 6.45) is -0.0617. The van der Waals surface area contributed by atoms with Crippen LogP contribution in [0, 0.1) is 10.1 Å². The summed E-state index contributed by atoms with van der Waals surface area (Å²) in [6, 6.07) is 19.9. The summed E-state index contributed by atoms with van der Waals surface area (Å²) in [5.74, 6) is 0.663. The van der Waals surface area contributed by atoms with E-state index < -0.39 is 6.23 Å². The highest BCUT2D eigenvalue weighted by atomic mass is 79.9. The van der Waals surface area contributed by atoms with Crippen LogP contribution in [0.1, 0.15) is 35.4 Å². The summed E-state index contributed by atoms with van der Waals surface area (Å²) in [5, 5.41) is 18.9. The zero-order valence-electron chi connectivity index (χ0n) is 15.5. The Labute approximate surface area is 186 Å². The van der Waals surface area contributed by atoms with Crippen molar-refractivity contribution in [3.05, 3.63) is 103 Å². The third kappa shape index (κ3) is 3.24. The van der Waals surface area contributed by atoms with Gasteiger partial charge in [-0.2, -0.15) is 5.10 Å². The molecule has 3 aromatic rings. The van der Waals surface area contributed by atoms with E-state index >= 15 is 0 Å². The Morgan fingerprint density at radius 3 is 2.63 bits per heavy atom. The van der Waals surface area contributed by atoms with Crippen molar-refractivity contribution in [2.75, 3.05) is 0 Å². The number of fused-ring (bicyclic) bond motifs is 3. The van der Waals surface area contributed by atoms with Crippen LogP contribution in [0.5, 0.6) is 5.75 Å². The minimum absolute atomic E-state index is 0.00551. The van der Waals surface area contributed by atoms with E-state index in [1.54, 1.807) is 24.3 Å². The monoisotopic (exact) mass is 483 g/mol. The zero-order chi connectivity index (χ0) is 20.8. The fraction of sp³-hybridized carbons (Fsp3) is 0.136. The molecule has 0 spiro atoms. The van der Waals surface area contributed by atoms with Crippen molar-refractivity contribution in [2.24, 2.45) is 5.10 Å². The van der Waals surface area contributed by atoms with Gasteiger partial charge in [0.2, 0.25) is 6.23 Å². The number of ether oxygens (including phenoxy) is 1. The molecule has 0 N–H and O–H groups in total. The molecule has 2 aliphatic heterocycles. The molecule has 0 aliphatic carbocycles. The molecule has 0 aromatic heterocycles. The zero-order valence-corrected chi connectivity index (χ0v) is 17.9. The average molecular weight is 485 g/mol. The van der Waals surface area contributed by atoms with Crippen molar-refractivity contribution in [3.63, 3.8) is 0 Å². The van der Waals surface area contributed by atoms with E-state index in [1.807, 2.05) is 41.4 Å². The van der Waals surface area contributed by atoms with Crippen molar-refractivity contribution in [1.29, 1.82) is 0 Å². The van der Waals surface area contributed by atoms with Crippen LogP contribution >= 0.6 is 27.5 Å². The van der Waals surface area contributed by atoms with Crippen molar-refractivity contribution in [1.82, 2.24) is 5.01 Å². The molecular formula is C22H15BrClN3O3. The molecule has 2 heterocycles. The van der Waals surface area contributed by atoms with Crippen LogP contribution in [0.15, 0.2) is 76.3 Å². The van der Waals surface area contributed by atoms with E-state index in [2.05, 4.69) is 15.9 Å². The summed E-state index contributed by atoms with van der Waals surface area (Å²) in [7, 11) is 0. The second-order valence-corrected chi connectivity index (χ2v) is 8.47. The van der Waals surface area contributed by atoms with E-state index in [4.69, 9.17) is 21.4 Å². The van der Waals surface area contributed by atoms with Gasteiger partial charge in [-0.15, -0.1) is 0 Å². The number of rotatable bonds is 3. The maximum atomic E-state index is 11.6. The Balaban J connectivity index is 1.64. The predicted molar refractivity (Wildman–Crippen MR) is 118 cm³/mol. The second kappa shape index (κ2) is 7.41. The maximum absolute atomic E-state index is 11.6. The number of hydrazone groups is 1. The minimum Gasteiger partial charge on any atom is -0.464 e. The molecule has 3 aromatic carbocycles. The Morgan fingerprint density at radius 1 is 1.10 bits per heavy atom. The van der Waals surface area contributed by atoms with Crippen molar-refractivity contribution in [3.8, 4) is 5.75 Å². The Hall–Kier alpha value is -2.90. The molecule has 0 amide bonds. The first kappa shape index (κ1) is 19.1. The summed E-state index contributed by atoms with van der Waals surface area (Å²) in [4.78, 5) is 11.2. The molecule has 2 atom stereocenters. The topological polar surface area (TPSA) is 68.0 Å². The molecule has 8 heteroatoms. The number of nitro benzene ring substituents is 1. The van der Waals surface area contributed by atoms with E-state index in [1.165, 1.54) is 6.07 Å². The number of para-hydroxylation sites is 1. The van der Waals surface area contributed by atoms with Gasteiger partial charge in [-0.3, -0.25) is 10.1 Å². The smallest absolute Gasteiger partial charge is 0.278 e. The van der Waals surface area contributed by atoms with Gasteiger partial charge in [-0.25, -0.2) is 5.01 Å². The molecule has 0 bridgehead atoms. The van der Waals surface area contributed by atoms with Crippen LogP contribution in [0.25, 0.3) is 0 Å². The highest BCUT2D eigenvalue weighted by Crippen LogP contribution is 2.49. The number of nitro groups is 1. The van der Waals surface area contributed by atoms with Crippen molar-refractivity contribution in [2.45, 2.75) is 18.7 Å². The molecule has 5 rings (SSSR count). The van der Waals surface area contributed by atoms with Gasteiger partial charge in [-0.1, -0.05) is 51.8 Å². The summed E-state index contributed by atoms with van der Waals surface area (Å²) in [6.45, 7) is 0. The van der Waals surface area contributed by atoms with Gasteiger partial charge in [-0.05, 0) is 42.0 Å². The molecule has 0 saturated carbocycles. The molecule has 6 nitrogen and oxygen atoms in total. The van der Waals surface area contributed by atoms with Crippen LogP contribution in [-0.2, 0) is 0 Å². The van der Waals surface area contributed by atoms with Gasteiger partial charge in [0, 0.05) is 27.5 Å². The lowest BCUT2D eigenvalue weighted by molar-refractivity contribution is -0.386. The van der Waals surface area contributed by atoms with Gasteiger partial charge in [0.1, 0.15) is 5.75 Å². The van der Waals surface area contributed by atoms with Crippen LogP contribution in [0.4, 0.5) is 5.69 Å². The molecule has 0 fully saturated rings. The summed E-state index contributed by atoms with van der Waals surface area (Å²) in [5.41, 5.74) is 3.29. The van der Waals surface area contributed by atoms with E-state index in [-0.39, 0.29) is 16.7 Å². The number of nitrogens with zero attached hydrogens (tertiary/aromatic N) is 3. The first-order valence-corrected chi connectivity index (χ1v) is 10.5. The van der Waals surface area contributed by atoms with Crippen LogP contribution in [-0.4, -0.2) is 15.6 Å². The second-order valence-electron chi connectivity index (χ2n) is 7.12. The minimum atomic E-state index is -0.710. The van der Waals surface area contributed by atoms with Gasteiger partial charge in [0.25, 0.3) is 5.69 Å². The molecule has 0 unspecified atom stereocenters. The third-order valence-electron chi connectivity index (χ3n) is 5.33. The standard InChI is InChI=1S/C22H15BrClN3O3/c23-14-7-5-13(6-8-14)18-12-20-17-11-15(24)9-10-21(17)30-22(26(20)25-18)16-3-1-2-4-19(16)27(28)29/h1-11,20,22H,12H2/t20-,22-/m1/s1. The lowest BCUT2D eigenvalue weighted by Gasteiger charge is -2.38. The van der Waals surface area contributed by atoms with E-state index in [0.29, 0.717) is 22.8 Å². The first-order valence-electron chi connectivity index (χ1n) is 9.32. The van der Waals surface area contributed by atoms with Crippen LogP contribution in [0.2, 0.25) is 5.02 Å². The lowest BCUT2D eigenvalue weighted by Crippen LogP contribution is -2.34. The number of hydrogen-bond donors (Lipinski definition) is 0. The highest BCUT2D eigenvalue weighted by molar-refractivity contribution is 9.10. The Kier molecular flexibility index (Phi) is 4.72. The maximum Gasteiger partial charge on any atom is 0.278 e. The highest BCUT2D eigenvalue weighted by Gasteiger charge is 2.43. The van der Waals surface area contributed by atoms with Crippen molar-refractivity contribution >= 4 is 38.9 Å². The number of benzene rings is 3. The molecule has 2 aliphatic rings. The van der Waals surface area contributed by atoms with E-state index in [0.717, 1.165) is 21.3 Å². The third-order valence-corrected chi connectivity index (χ3v) is 6.09. The quantitative estimate of drug-likeness (QED) is 0.325. The van der Waals surface area contributed by atoms with Gasteiger partial charge >= 0.3 is 0 Å². The molecule has 30 heavy (non-hydrogen) atoms. The van der Waals surface area contributed by atoms with Gasteiger partial charge in [0.15, 0.2) is 0 Å². The fourth-order valence-corrected chi connectivity index (χ4v) is 4.39. The largest absolute Gasteiger partial charge is 0.464 e. The number of hydrogen-bond acceptors (Lipinski definition) is 5. The van der Waals surface area contributed by atoms with Crippen LogP contribution in [0.3, 0.4) is 0 Å². The molecular weight excluding hydrogens is 470 g/mol. The predicted octanol–water partition coefficient (Wildman–Crippen LogP) is 6.25. The lowest BCUT2D eigenvalue weighted by atomic mass is 9.95. The van der Waals surface area contributed by atoms with Crippen LogP contribution < -0.4 is 4.74 Å². The molecule has 0 saturated heterocycles. The SMILES string of the molecule is O=[N+]([O-])c1ccccc1[C@H]1Oc2ccc(Cl)cc2[C@H]2CC(c3ccc(Br)cc3)=NN21.